The quantitative estimate of drug-likeness (QED) is 0.817. The third kappa shape index (κ3) is 1.88. The molecule has 4 heteroatoms. The third-order valence-corrected chi connectivity index (χ3v) is 2.81. The number of carbonyl (C=O) groups is 1. The standard InChI is InChI=1S/C12H9BrO3/c1-16-12(15)8-4-7-2-3-9(13)6-10(7)11(14)5-8/h2-6,14H,1H3. The van der Waals surface area contributed by atoms with Crippen LogP contribution in [0.15, 0.2) is 34.8 Å². The van der Waals surface area contributed by atoms with Crippen LogP contribution < -0.4 is 0 Å². The number of hydrogen-bond acceptors (Lipinski definition) is 3. The number of esters is 1. The van der Waals surface area contributed by atoms with Crippen molar-refractivity contribution in [3.8, 4) is 5.75 Å². The van der Waals surface area contributed by atoms with E-state index in [-0.39, 0.29) is 5.75 Å². The molecule has 2 aromatic rings. The fourth-order valence-electron chi connectivity index (χ4n) is 1.55. The van der Waals surface area contributed by atoms with Gasteiger partial charge in [0.1, 0.15) is 5.75 Å². The zero-order chi connectivity index (χ0) is 11.7. The predicted molar refractivity (Wildman–Crippen MR) is 64.7 cm³/mol. The van der Waals surface area contributed by atoms with E-state index in [0.29, 0.717) is 10.9 Å². The minimum absolute atomic E-state index is 0.0687. The summed E-state index contributed by atoms with van der Waals surface area (Å²) in [6.45, 7) is 0. The van der Waals surface area contributed by atoms with E-state index in [1.54, 1.807) is 12.1 Å². The lowest BCUT2D eigenvalue weighted by molar-refractivity contribution is 0.0600. The van der Waals surface area contributed by atoms with Gasteiger partial charge in [-0.2, -0.15) is 0 Å². The molecule has 0 spiro atoms. The Hall–Kier alpha value is -1.55. The molecule has 0 amide bonds. The number of hydrogen-bond donors (Lipinski definition) is 1. The molecule has 0 aromatic heterocycles. The Morgan fingerprint density at radius 2 is 2.06 bits per heavy atom. The maximum absolute atomic E-state index is 11.3. The van der Waals surface area contributed by atoms with E-state index in [9.17, 15) is 9.90 Å². The van der Waals surface area contributed by atoms with Crippen LogP contribution in [0.25, 0.3) is 10.8 Å². The second-order valence-electron chi connectivity index (χ2n) is 3.35. The Balaban J connectivity index is 2.68. The first-order valence-corrected chi connectivity index (χ1v) is 5.41. The first-order valence-electron chi connectivity index (χ1n) is 4.62. The van der Waals surface area contributed by atoms with Crippen molar-refractivity contribution in [1.82, 2.24) is 0 Å². The van der Waals surface area contributed by atoms with E-state index in [0.717, 1.165) is 9.86 Å². The van der Waals surface area contributed by atoms with Crippen molar-refractivity contribution in [2.24, 2.45) is 0 Å². The van der Waals surface area contributed by atoms with Crippen LogP contribution in [0, 0.1) is 0 Å². The molecule has 0 unspecified atom stereocenters. The fraction of sp³-hybridized carbons (Fsp3) is 0.0833. The molecule has 0 saturated carbocycles. The molecule has 3 nitrogen and oxygen atoms in total. The maximum Gasteiger partial charge on any atom is 0.338 e. The average Bonchev–Trinajstić information content (AvgIpc) is 2.28. The summed E-state index contributed by atoms with van der Waals surface area (Å²) in [7, 11) is 1.31. The number of phenolic OH excluding ortho intramolecular Hbond substituents is 1. The van der Waals surface area contributed by atoms with Gasteiger partial charge in [0.15, 0.2) is 0 Å². The summed E-state index contributed by atoms with van der Waals surface area (Å²) < 4.78 is 5.48. The van der Waals surface area contributed by atoms with E-state index in [1.165, 1.54) is 13.2 Å². The Morgan fingerprint density at radius 3 is 2.75 bits per heavy atom. The molecule has 0 bridgehead atoms. The summed E-state index contributed by atoms with van der Waals surface area (Å²) in [6.07, 6.45) is 0. The predicted octanol–water partition coefficient (Wildman–Crippen LogP) is 3.09. The molecule has 82 valence electrons. The van der Waals surface area contributed by atoms with Crippen LogP contribution in [-0.4, -0.2) is 18.2 Å². The summed E-state index contributed by atoms with van der Waals surface area (Å²) in [6, 6.07) is 8.56. The van der Waals surface area contributed by atoms with Crippen LogP contribution in [0.2, 0.25) is 0 Å². The summed E-state index contributed by atoms with van der Waals surface area (Å²) in [5.74, 6) is -0.390. The van der Waals surface area contributed by atoms with Crippen LogP contribution >= 0.6 is 15.9 Å². The van der Waals surface area contributed by atoms with Gasteiger partial charge in [-0.05, 0) is 29.7 Å². The number of rotatable bonds is 1. The van der Waals surface area contributed by atoms with Gasteiger partial charge in [-0.15, -0.1) is 0 Å². The molecular weight excluding hydrogens is 272 g/mol. The first-order chi connectivity index (χ1) is 7.61. The molecule has 0 heterocycles. The van der Waals surface area contributed by atoms with Gasteiger partial charge in [-0.3, -0.25) is 0 Å². The van der Waals surface area contributed by atoms with Crippen molar-refractivity contribution >= 4 is 32.7 Å². The van der Waals surface area contributed by atoms with E-state index in [2.05, 4.69) is 20.7 Å². The number of benzene rings is 2. The van der Waals surface area contributed by atoms with Crippen molar-refractivity contribution < 1.29 is 14.6 Å². The molecule has 0 fully saturated rings. The van der Waals surface area contributed by atoms with Gasteiger partial charge in [-0.1, -0.05) is 22.0 Å². The van der Waals surface area contributed by atoms with Crippen LogP contribution in [-0.2, 0) is 4.74 Å². The van der Waals surface area contributed by atoms with Gasteiger partial charge in [0.25, 0.3) is 0 Å². The molecule has 16 heavy (non-hydrogen) atoms. The number of phenols is 1. The van der Waals surface area contributed by atoms with Crippen LogP contribution in [0.3, 0.4) is 0 Å². The van der Waals surface area contributed by atoms with Crippen LogP contribution in [0.1, 0.15) is 10.4 Å². The number of halogens is 1. The van der Waals surface area contributed by atoms with Gasteiger partial charge in [-0.25, -0.2) is 4.79 Å². The van der Waals surface area contributed by atoms with Crippen LogP contribution in [0.5, 0.6) is 5.75 Å². The zero-order valence-electron chi connectivity index (χ0n) is 8.53. The highest BCUT2D eigenvalue weighted by molar-refractivity contribution is 9.10. The second-order valence-corrected chi connectivity index (χ2v) is 4.27. The highest BCUT2D eigenvalue weighted by Gasteiger charge is 2.09. The fourth-order valence-corrected chi connectivity index (χ4v) is 1.91. The SMILES string of the molecule is COC(=O)c1cc(O)c2cc(Br)ccc2c1. The Bertz CT molecular complexity index is 563. The van der Waals surface area contributed by atoms with Crippen LogP contribution in [0.4, 0.5) is 0 Å². The second kappa shape index (κ2) is 4.14. The summed E-state index contributed by atoms with van der Waals surface area (Å²) in [4.78, 5) is 11.3. The van der Waals surface area contributed by atoms with Gasteiger partial charge < -0.3 is 9.84 Å². The number of ether oxygens (including phenoxy) is 1. The lowest BCUT2D eigenvalue weighted by Gasteiger charge is -2.05. The molecule has 1 N–H and O–H groups in total. The largest absolute Gasteiger partial charge is 0.507 e. The Kier molecular flexibility index (Phi) is 2.83. The molecule has 0 aliphatic rings. The first kappa shape index (κ1) is 11.0. The van der Waals surface area contributed by atoms with Gasteiger partial charge in [0.2, 0.25) is 0 Å². The molecule has 2 rings (SSSR count). The van der Waals surface area contributed by atoms with Crippen molar-refractivity contribution in [3.05, 3.63) is 40.4 Å². The molecule has 0 aliphatic heterocycles. The lowest BCUT2D eigenvalue weighted by atomic mass is 10.1. The van der Waals surface area contributed by atoms with Crippen molar-refractivity contribution in [2.45, 2.75) is 0 Å². The molecule has 2 aromatic carbocycles. The number of carbonyl (C=O) groups excluding carboxylic acids is 1. The van der Waals surface area contributed by atoms with E-state index < -0.39 is 5.97 Å². The van der Waals surface area contributed by atoms with Crippen molar-refractivity contribution in [2.75, 3.05) is 7.11 Å². The lowest BCUT2D eigenvalue weighted by Crippen LogP contribution is -2.00. The van der Waals surface area contributed by atoms with Crippen molar-refractivity contribution in [1.29, 1.82) is 0 Å². The Labute approximate surface area is 101 Å². The molecule has 0 aliphatic carbocycles. The molecule has 0 atom stereocenters. The molecule has 0 radical (unpaired) electrons. The van der Waals surface area contributed by atoms with E-state index in [4.69, 9.17) is 0 Å². The number of aromatic hydroxyl groups is 1. The maximum atomic E-state index is 11.3. The smallest absolute Gasteiger partial charge is 0.338 e. The summed E-state index contributed by atoms with van der Waals surface area (Å²) in [5, 5.41) is 11.3. The molecule has 0 saturated heterocycles. The number of fused-ring (bicyclic) bond motifs is 1. The topological polar surface area (TPSA) is 46.5 Å². The summed E-state index contributed by atoms with van der Waals surface area (Å²) >= 11 is 3.32. The monoisotopic (exact) mass is 280 g/mol. The Morgan fingerprint density at radius 1 is 1.31 bits per heavy atom. The minimum atomic E-state index is -0.458. The third-order valence-electron chi connectivity index (χ3n) is 2.32. The number of methoxy groups -OCH3 is 1. The van der Waals surface area contributed by atoms with E-state index in [1.807, 2.05) is 12.1 Å². The highest BCUT2D eigenvalue weighted by Crippen LogP contribution is 2.29. The summed E-state index contributed by atoms with van der Waals surface area (Å²) in [5.41, 5.74) is 0.342. The zero-order valence-corrected chi connectivity index (χ0v) is 10.1. The van der Waals surface area contributed by atoms with Gasteiger partial charge in [0.05, 0.1) is 12.7 Å². The highest BCUT2D eigenvalue weighted by atomic mass is 79.9. The minimum Gasteiger partial charge on any atom is -0.507 e. The van der Waals surface area contributed by atoms with Gasteiger partial charge >= 0.3 is 5.97 Å². The van der Waals surface area contributed by atoms with Gasteiger partial charge in [0, 0.05) is 9.86 Å². The average molecular weight is 281 g/mol. The molecular formula is C12H9BrO3. The van der Waals surface area contributed by atoms with E-state index >= 15 is 0 Å². The van der Waals surface area contributed by atoms with Crippen molar-refractivity contribution in [3.63, 3.8) is 0 Å². The normalized spacial score (nSPS) is 10.4.